The summed E-state index contributed by atoms with van der Waals surface area (Å²) in [6.45, 7) is 5.73. The smallest absolute Gasteiger partial charge is 0.243 e. The number of hydrogen-bond acceptors (Lipinski definition) is 2. The number of carbonyl (C=O) groups is 2. The Labute approximate surface area is 78.1 Å². The summed E-state index contributed by atoms with van der Waals surface area (Å²) >= 11 is 0. The molecule has 0 aromatic carbocycles. The second kappa shape index (κ2) is 3.77. The first-order valence-electron chi connectivity index (χ1n) is 4.61. The van der Waals surface area contributed by atoms with Gasteiger partial charge >= 0.3 is 0 Å². The molecule has 2 atom stereocenters. The second-order valence-electron chi connectivity index (χ2n) is 3.92. The van der Waals surface area contributed by atoms with E-state index in [0.717, 1.165) is 0 Å². The third-order valence-electron chi connectivity index (χ3n) is 2.09. The van der Waals surface area contributed by atoms with Gasteiger partial charge in [-0.25, -0.2) is 0 Å². The van der Waals surface area contributed by atoms with Gasteiger partial charge in [0.15, 0.2) is 0 Å². The van der Waals surface area contributed by atoms with Crippen molar-refractivity contribution in [2.45, 2.75) is 39.3 Å². The second-order valence-corrected chi connectivity index (χ2v) is 3.92. The Hall–Kier alpha value is -1.06. The minimum absolute atomic E-state index is 0.0687. The summed E-state index contributed by atoms with van der Waals surface area (Å²) in [5.74, 6) is 0.246. The molecule has 0 bridgehead atoms. The molecular formula is C9H16N2O2. The van der Waals surface area contributed by atoms with E-state index in [4.69, 9.17) is 0 Å². The first kappa shape index (κ1) is 10.0. The van der Waals surface area contributed by atoms with E-state index in [0.29, 0.717) is 12.3 Å². The number of rotatable bonds is 2. The van der Waals surface area contributed by atoms with Crippen molar-refractivity contribution in [3.63, 3.8) is 0 Å². The van der Waals surface area contributed by atoms with Crippen molar-refractivity contribution in [1.82, 2.24) is 10.6 Å². The van der Waals surface area contributed by atoms with Crippen LogP contribution in [-0.4, -0.2) is 23.9 Å². The van der Waals surface area contributed by atoms with Gasteiger partial charge in [0.2, 0.25) is 11.8 Å². The van der Waals surface area contributed by atoms with Gasteiger partial charge in [-0.3, -0.25) is 9.59 Å². The molecule has 74 valence electrons. The summed E-state index contributed by atoms with van der Waals surface area (Å²) in [6.07, 6.45) is 0.699. The molecule has 0 spiro atoms. The van der Waals surface area contributed by atoms with Gasteiger partial charge in [0.1, 0.15) is 12.1 Å². The molecule has 0 unspecified atom stereocenters. The highest BCUT2D eigenvalue weighted by Crippen LogP contribution is 2.08. The quantitative estimate of drug-likeness (QED) is 0.636. The third kappa shape index (κ3) is 2.44. The van der Waals surface area contributed by atoms with Crippen LogP contribution in [-0.2, 0) is 9.59 Å². The van der Waals surface area contributed by atoms with Crippen molar-refractivity contribution >= 4 is 11.8 Å². The van der Waals surface area contributed by atoms with E-state index in [1.54, 1.807) is 6.92 Å². The largest absolute Gasteiger partial charge is 0.343 e. The molecule has 2 amide bonds. The van der Waals surface area contributed by atoms with Gasteiger partial charge in [0.25, 0.3) is 0 Å². The Kier molecular flexibility index (Phi) is 2.90. The van der Waals surface area contributed by atoms with Gasteiger partial charge in [-0.15, -0.1) is 0 Å². The fraction of sp³-hybridized carbons (Fsp3) is 0.778. The zero-order chi connectivity index (χ0) is 10.0. The van der Waals surface area contributed by atoms with E-state index >= 15 is 0 Å². The average molecular weight is 184 g/mol. The molecule has 0 aliphatic carbocycles. The Morgan fingerprint density at radius 2 is 1.85 bits per heavy atom. The van der Waals surface area contributed by atoms with Crippen LogP contribution < -0.4 is 10.6 Å². The molecule has 13 heavy (non-hydrogen) atoms. The van der Waals surface area contributed by atoms with Crippen LogP contribution in [0.1, 0.15) is 27.2 Å². The average Bonchev–Trinajstić information content (AvgIpc) is 1.99. The number of amides is 2. The van der Waals surface area contributed by atoms with E-state index in [2.05, 4.69) is 10.6 Å². The van der Waals surface area contributed by atoms with E-state index in [-0.39, 0.29) is 17.9 Å². The summed E-state index contributed by atoms with van der Waals surface area (Å²) < 4.78 is 0. The number of hydrogen-bond donors (Lipinski definition) is 2. The van der Waals surface area contributed by atoms with E-state index in [1.165, 1.54) is 0 Å². The Balaban J connectivity index is 2.56. The summed E-state index contributed by atoms with van der Waals surface area (Å²) in [5, 5.41) is 5.33. The molecule has 0 aromatic rings. The lowest BCUT2D eigenvalue weighted by Gasteiger charge is -2.28. The maximum absolute atomic E-state index is 11.4. The zero-order valence-electron chi connectivity index (χ0n) is 8.26. The third-order valence-corrected chi connectivity index (χ3v) is 2.09. The van der Waals surface area contributed by atoms with Crippen molar-refractivity contribution < 1.29 is 9.59 Å². The molecule has 1 aliphatic heterocycles. The predicted octanol–water partition coefficient (Wildman–Crippen LogP) is 0.0356. The molecule has 1 heterocycles. The van der Waals surface area contributed by atoms with Crippen molar-refractivity contribution in [3.8, 4) is 0 Å². The highest BCUT2D eigenvalue weighted by atomic mass is 16.2. The van der Waals surface area contributed by atoms with Crippen LogP contribution in [0.25, 0.3) is 0 Å². The van der Waals surface area contributed by atoms with Crippen molar-refractivity contribution in [2.24, 2.45) is 5.92 Å². The zero-order valence-corrected chi connectivity index (χ0v) is 8.26. The fourth-order valence-electron chi connectivity index (χ4n) is 1.38. The molecular weight excluding hydrogens is 168 g/mol. The monoisotopic (exact) mass is 184 g/mol. The molecule has 1 fully saturated rings. The predicted molar refractivity (Wildman–Crippen MR) is 49.0 cm³/mol. The van der Waals surface area contributed by atoms with Crippen LogP contribution in [0, 0.1) is 5.92 Å². The van der Waals surface area contributed by atoms with Crippen LogP contribution in [0.3, 0.4) is 0 Å². The lowest BCUT2D eigenvalue weighted by atomic mass is 10.0. The maximum atomic E-state index is 11.4. The normalized spacial score (nSPS) is 28.6. The van der Waals surface area contributed by atoms with Crippen molar-refractivity contribution in [2.75, 3.05) is 0 Å². The number of nitrogens with one attached hydrogen (secondary N) is 2. The van der Waals surface area contributed by atoms with Crippen molar-refractivity contribution in [3.05, 3.63) is 0 Å². The Bertz CT molecular complexity index is 226. The topological polar surface area (TPSA) is 58.2 Å². The molecule has 1 rings (SSSR count). The first-order chi connectivity index (χ1) is 6.00. The number of piperazine rings is 1. The summed E-state index contributed by atoms with van der Waals surface area (Å²) in [6, 6.07) is -0.736. The van der Waals surface area contributed by atoms with Gasteiger partial charge in [-0.05, 0) is 19.3 Å². The summed E-state index contributed by atoms with van der Waals surface area (Å²) in [7, 11) is 0. The van der Waals surface area contributed by atoms with Gasteiger partial charge in [-0.2, -0.15) is 0 Å². The van der Waals surface area contributed by atoms with Gasteiger partial charge in [0, 0.05) is 0 Å². The standard InChI is InChI=1S/C9H16N2O2/c1-5(2)4-7-9(13)10-6(3)8(12)11-7/h5-7H,4H2,1-3H3,(H,10,13)(H,11,12)/t6-,7+/m1/s1. The van der Waals surface area contributed by atoms with Gasteiger partial charge in [0.05, 0.1) is 0 Å². The molecule has 0 aromatic heterocycles. The molecule has 0 radical (unpaired) electrons. The first-order valence-corrected chi connectivity index (χ1v) is 4.61. The van der Waals surface area contributed by atoms with Gasteiger partial charge in [-0.1, -0.05) is 13.8 Å². The summed E-state index contributed by atoms with van der Waals surface area (Å²) in [4.78, 5) is 22.6. The van der Waals surface area contributed by atoms with Crippen LogP contribution in [0.2, 0.25) is 0 Å². The molecule has 2 N–H and O–H groups in total. The van der Waals surface area contributed by atoms with E-state index < -0.39 is 6.04 Å². The van der Waals surface area contributed by atoms with Gasteiger partial charge < -0.3 is 10.6 Å². The van der Waals surface area contributed by atoms with Crippen LogP contribution in [0.15, 0.2) is 0 Å². The van der Waals surface area contributed by atoms with Crippen LogP contribution in [0.5, 0.6) is 0 Å². The Morgan fingerprint density at radius 1 is 1.23 bits per heavy atom. The van der Waals surface area contributed by atoms with E-state index in [9.17, 15) is 9.59 Å². The molecule has 0 saturated carbocycles. The maximum Gasteiger partial charge on any atom is 0.243 e. The SMILES string of the molecule is CC(C)C[C@@H]1NC(=O)[C@@H](C)NC1=O. The molecule has 1 saturated heterocycles. The lowest BCUT2D eigenvalue weighted by molar-refractivity contribution is -0.136. The molecule has 4 heteroatoms. The minimum Gasteiger partial charge on any atom is -0.343 e. The van der Waals surface area contributed by atoms with Crippen LogP contribution in [0.4, 0.5) is 0 Å². The molecule has 4 nitrogen and oxygen atoms in total. The van der Waals surface area contributed by atoms with Crippen molar-refractivity contribution in [1.29, 1.82) is 0 Å². The molecule has 1 aliphatic rings. The minimum atomic E-state index is -0.393. The summed E-state index contributed by atoms with van der Waals surface area (Å²) in [5.41, 5.74) is 0. The van der Waals surface area contributed by atoms with Crippen LogP contribution >= 0.6 is 0 Å². The Morgan fingerprint density at radius 3 is 2.38 bits per heavy atom. The van der Waals surface area contributed by atoms with E-state index in [1.807, 2.05) is 13.8 Å². The highest BCUT2D eigenvalue weighted by molar-refractivity contribution is 5.96. The highest BCUT2D eigenvalue weighted by Gasteiger charge is 2.30. The number of carbonyl (C=O) groups excluding carboxylic acids is 2. The fourth-order valence-corrected chi connectivity index (χ4v) is 1.38. The lowest BCUT2D eigenvalue weighted by Crippen LogP contribution is -2.60.